The van der Waals surface area contributed by atoms with Crippen LogP contribution in [0.15, 0.2) is 48.7 Å². The number of aromatic nitrogens is 1. The molecule has 1 aromatic heterocycles. The van der Waals surface area contributed by atoms with Crippen LogP contribution in [0.3, 0.4) is 0 Å². The first kappa shape index (κ1) is 18.7. The van der Waals surface area contributed by atoms with Gasteiger partial charge in [0.1, 0.15) is 12.4 Å². The number of aromatic hydroxyl groups is 1. The van der Waals surface area contributed by atoms with Gasteiger partial charge in [-0.3, -0.25) is 9.78 Å². The van der Waals surface area contributed by atoms with Crippen LogP contribution in [0.25, 0.3) is 0 Å². The third-order valence-corrected chi connectivity index (χ3v) is 4.09. The Morgan fingerprint density at radius 1 is 1.26 bits per heavy atom. The van der Waals surface area contributed by atoms with Crippen molar-refractivity contribution in [2.75, 3.05) is 26.2 Å². The average molecular weight is 371 g/mol. The number of nitrogens with one attached hydrogen (secondary N) is 1. The Labute approximate surface area is 156 Å². The monoisotopic (exact) mass is 371 g/mol. The van der Waals surface area contributed by atoms with Crippen molar-refractivity contribution in [3.63, 3.8) is 0 Å². The number of pyridine rings is 1. The number of carbonyl (C=O) groups is 2. The van der Waals surface area contributed by atoms with Crippen LogP contribution in [0.5, 0.6) is 5.75 Å². The molecule has 1 atom stereocenters. The Balaban J connectivity index is 1.45. The molecular formula is C19H21N3O5. The van der Waals surface area contributed by atoms with Crippen molar-refractivity contribution in [3.05, 3.63) is 59.9 Å². The molecule has 3 rings (SSSR count). The predicted octanol–water partition coefficient (Wildman–Crippen LogP) is 1.55. The third kappa shape index (κ3) is 5.42. The van der Waals surface area contributed by atoms with Crippen molar-refractivity contribution in [2.24, 2.45) is 0 Å². The summed E-state index contributed by atoms with van der Waals surface area (Å²) in [4.78, 5) is 30.0. The Hall–Kier alpha value is -3.13. The number of morpholine rings is 1. The molecule has 0 aliphatic carbocycles. The van der Waals surface area contributed by atoms with Gasteiger partial charge >= 0.3 is 6.09 Å². The Bertz CT molecular complexity index is 767. The Morgan fingerprint density at radius 2 is 2.07 bits per heavy atom. The summed E-state index contributed by atoms with van der Waals surface area (Å²) < 4.78 is 10.9. The zero-order chi connectivity index (χ0) is 19.1. The molecular weight excluding hydrogens is 350 g/mol. The van der Waals surface area contributed by atoms with Crippen LogP contribution in [-0.4, -0.2) is 59.3 Å². The van der Waals surface area contributed by atoms with Crippen LogP contribution in [0.4, 0.5) is 4.79 Å². The lowest BCUT2D eigenvalue weighted by Crippen LogP contribution is -2.49. The first-order chi connectivity index (χ1) is 13.1. The van der Waals surface area contributed by atoms with E-state index in [-0.39, 0.29) is 30.9 Å². The lowest BCUT2D eigenvalue weighted by molar-refractivity contribution is -0.0265. The molecule has 2 amide bonds. The van der Waals surface area contributed by atoms with E-state index < -0.39 is 6.09 Å². The van der Waals surface area contributed by atoms with E-state index in [9.17, 15) is 14.7 Å². The molecule has 142 valence electrons. The number of hydrogen-bond acceptors (Lipinski definition) is 6. The molecule has 8 nitrogen and oxygen atoms in total. The average Bonchev–Trinajstić information content (AvgIpc) is 2.71. The van der Waals surface area contributed by atoms with E-state index in [0.717, 1.165) is 0 Å². The molecule has 0 saturated carbocycles. The number of phenols is 1. The van der Waals surface area contributed by atoms with Gasteiger partial charge in [-0.15, -0.1) is 0 Å². The number of nitrogens with zero attached hydrogens (tertiary/aromatic N) is 2. The quantitative estimate of drug-likeness (QED) is 0.827. The highest BCUT2D eigenvalue weighted by Crippen LogP contribution is 2.11. The van der Waals surface area contributed by atoms with E-state index >= 15 is 0 Å². The maximum absolute atomic E-state index is 12.2. The molecule has 1 fully saturated rings. The maximum atomic E-state index is 12.2. The lowest BCUT2D eigenvalue weighted by atomic mass is 10.2. The second kappa shape index (κ2) is 9.00. The van der Waals surface area contributed by atoms with Crippen LogP contribution in [0.1, 0.15) is 16.1 Å². The van der Waals surface area contributed by atoms with Gasteiger partial charge in [0.25, 0.3) is 5.91 Å². The summed E-state index contributed by atoms with van der Waals surface area (Å²) in [6.07, 6.45) is 0.895. The highest BCUT2D eigenvalue weighted by atomic mass is 16.6. The van der Waals surface area contributed by atoms with Crippen molar-refractivity contribution in [3.8, 4) is 5.75 Å². The van der Waals surface area contributed by atoms with Gasteiger partial charge in [-0.25, -0.2) is 4.79 Å². The highest BCUT2D eigenvalue weighted by molar-refractivity contribution is 5.94. The SMILES string of the molecule is O=C(NCC1CN(C(=O)OCc2ccccn2)CCO1)c1ccc(O)cc1. The first-order valence-electron chi connectivity index (χ1n) is 8.62. The number of rotatable bonds is 5. The summed E-state index contributed by atoms with van der Waals surface area (Å²) in [6, 6.07) is 11.4. The van der Waals surface area contributed by atoms with E-state index in [4.69, 9.17) is 9.47 Å². The zero-order valence-electron chi connectivity index (χ0n) is 14.7. The van der Waals surface area contributed by atoms with Crippen LogP contribution < -0.4 is 5.32 Å². The Morgan fingerprint density at radius 3 is 2.81 bits per heavy atom. The molecule has 2 N–H and O–H groups in total. The molecule has 2 heterocycles. The third-order valence-electron chi connectivity index (χ3n) is 4.09. The van der Waals surface area contributed by atoms with Crippen molar-refractivity contribution in [1.29, 1.82) is 0 Å². The topological polar surface area (TPSA) is 101 Å². The number of phenolic OH excluding ortho intramolecular Hbond substituents is 1. The fraction of sp³-hybridized carbons (Fsp3) is 0.316. The largest absolute Gasteiger partial charge is 0.508 e. The maximum Gasteiger partial charge on any atom is 0.410 e. The molecule has 2 aromatic rings. The minimum atomic E-state index is -0.432. The molecule has 1 aliphatic rings. The number of amides is 2. The summed E-state index contributed by atoms with van der Waals surface area (Å²) in [7, 11) is 0. The molecule has 1 saturated heterocycles. The smallest absolute Gasteiger partial charge is 0.410 e. The standard InChI is InChI=1S/C19H21N3O5/c23-16-6-4-14(5-7-16)18(24)21-11-17-12-22(9-10-26-17)19(25)27-13-15-3-1-2-8-20-15/h1-8,17,23H,9-13H2,(H,21,24). The first-order valence-corrected chi connectivity index (χ1v) is 8.62. The van der Waals surface area contributed by atoms with Crippen LogP contribution in [-0.2, 0) is 16.1 Å². The van der Waals surface area contributed by atoms with E-state index in [1.54, 1.807) is 23.2 Å². The van der Waals surface area contributed by atoms with Gasteiger partial charge in [-0.2, -0.15) is 0 Å². The fourth-order valence-corrected chi connectivity index (χ4v) is 2.64. The summed E-state index contributed by atoms with van der Waals surface area (Å²) in [6.45, 7) is 1.52. The Kier molecular flexibility index (Phi) is 6.22. The van der Waals surface area contributed by atoms with Gasteiger partial charge in [0, 0.05) is 24.8 Å². The molecule has 8 heteroatoms. The van der Waals surface area contributed by atoms with Gasteiger partial charge in [-0.05, 0) is 36.4 Å². The number of ether oxygens (including phenoxy) is 2. The second-order valence-corrected chi connectivity index (χ2v) is 6.07. The van der Waals surface area contributed by atoms with Gasteiger partial charge < -0.3 is 24.8 Å². The molecule has 0 radical (unpaired) electrons. The van der Waals surface area contributed by atoms with E-state index in [2.05, 4.69) is 10.3 Å². The fourth-order valence-electron chi connectivity index (χ4n) is 2.64. The summed E-state index contributed by atoms with van der Waals surface area (Å²) in [5, 5.41) is 12.0. The normalized spacial score (nSPS) is 16.6. The van der Waals surface area contributed by atoms with Crippen LogP contribution in [0, 0.1) is 0 Å². The molecule has 1 unspecified atom stereocenters. The van der Waals surface area contributed by atoms with Gasteiger partial charge in [0.2, 0.25) is 0 Å². The number of carbonyl (C=O) groups excluding carboxylic acids is 2. The molecule has 0 bridgehead atoms. The molecule has 1 aliphatic heterocycles. The van der Waals surface area contributed by atoms with E-state index in [0.29, 0.717) is 31.0 Å². The minimum Gasteiger partial charge on any atom is -0.508 e. The van der Waals surface area contributed by atoms with Gasteiger partial charge in [-0.1, -0.05) is 6.07 Å². The number of hydrogen-bond donors (Lipinski definition) is 2. The van der Waals surface area contributed by atoms with Gasteiger partial charge in [0.15, 0.2) is 0 Å². The van der Waals surface area contributed by atoms with E-state index in [1.165, 1.54) is 24.3 Å². The van der Waals surface area contributed by atoms with Crippen LogP contribution >= 0.6 is 0 Å². The lowest BCUT2D eigenvalue weighted by Gasteiger charge is -2.32. The molecule has 0 spiro atoms. The van der Waals surface area contributed by atoms with Crippen molar-refractivity contribution >= 4 is 12.0 Å². The summed E-state index contributed by atoms with van der Waals surface area (Å²) in [5.41, 5.74) is 1.12. The molecule has 27 heavy (non-hydrogen) atoms. The van der Waals surface area contributed by atoms with Crippen molar-refractivity contribution in [1.82, 2.24) is 15.2 Å². The van der Waals surface area contributed by atoms with Crippen molar-refractivity contribution < 1.29 is 24.2 Å². The zero-order valence-corrected chi connectivity index (χ0v) is 14.7. The summed E-state index contributed by atoms with van der Waals surface area (Å²) >= 11 is 0. The highest BCUT2D eigenvalue weighted by Gasteiger charge is 2.25. The summed E-state index contributed by atoms with van der Waals surface area (Å²) in [5.74, 6) is -0.171. The molecule has 1 aromatic carbocycles. The van der Waals surface area contributed by atoms with Crippen LogP contribution in [0.2, 0.25) is 0 Å². The van der Waals surface area contributed by atoms with Crippen molar-refractivity contribution in [2.45, 2.75) is 12.7 Å². The van der Waals surface area contributed by atoms with E-state index in [1.807, 2.05) is 6.07 Å². The predicted molar refractivity (Wildman–Crippen MR) is 96.2 cm³/mol. The second-order valence-electron chi connectivity index (χ2n) is 6.07. The number of benzene rings is 1. The minimum absolute atomic E-state index is 0.0991. The van der Waals surface area contributed by atoms with Gasteiger partial charge in [0.05, 0.1) is 24.9 Å².